The molecule has 0 radical (unpaired) electrons. The van der Waals surface area contributed by atoms with Gasteiger partial charge in [0.05, 0.1) is 6.42 Å². The van der Waals surface area contributed by atoms with Crippen molar-refractivity contribution in [2.24, 2.45) is 10.2 Å². The topological polar surface area (TPSA) is 24.7 Å². The molecule has 0 aromatic carbocycles. The van der Waals surface area contributed by atoms with Crippen molar-refractivity contribution in [3.8, 4) is 0 Å². The molecule has 0 saturated heterocycles. The summed E-state index contributed by atoms with van der Waals surface area (Å²) < 4.78 is 35.7. The Morgan fingerprint density at radius 2 is 1.69 bits per heavy atom. The highest BCUT2D eigenvalue weighted by Gasteiger charge is 2.29. The summed E-state index contributed by atoms with van der Waals surface area (Å²) in [4.78, 5) is 0. The zero-order valence-electron chi connectivity index (χ0n) is 7.94. The van der Waals surface area contributed by atoms with Gasteiger partial charge < -0.3 is 0 Å². The molecular formula is C8H13F3N2. The number of rotatable bonds is 3. The average molecular weight is 194 g/mol. The molecule has 0 amide bonds. The predicted molar refractivity (Wildman–Crippen MR) is 47.2 cm³/mol. The average Bonchev–Trinajstić information content (AvgIpc) is 1.95. The number of nitrogens with zero attached hydrogens (tertiary/aromatic N) is 2. The van der Waals surface area contributed by atoms with Gasteiger partial charge in [-0.2, -0.15) is 23.4 Å². The van der Waals surface area contributed by atoms with Gasteiger partial charge in [-0.15, -0.1) is 0 Å². The molecular weight excluding hydrogens is 181 g/mol. The molecule has 0 saturated carbocycles. The molecule has 0 fully saturated rings. The Morgan fingerprint density at radius 3 is 2.00 bits per heavy atom. The summed E-state index contributed by atoms with van der Waals surface area (Å²) in [5, 5.41) is 7.10. The number of hydrogen-bond donors (Lipinski definition) is 0. The maximum absolute atomic E-state index is 11.9. The third-order valence-electron chi connectivity index (χ3n) is 1.20. The fourth-order valence-electron chi connectivity index (χ4n) is 0.633. The Kier molecular flexibility index (Phi) is 4.66. The molecule has 0 aromatic rings. The maximum Gasteiger partial charge on any atom is 0.394 e. The van der Waals surface area contributed by atoms with E-state index in [-0.39, 0.29) is 12.1 Å². The van der Waals surface area contributed by atoms with Crippen LogP contribution in [-0.4, -0.2) is 17.6 Å². The van der Waals surface area contributed by atoms with Crippen molar-refractivity contribution in [2.45, 2.75) is 39.8 Å². The first-order valence-electron chi connectivity index (χ1n) is 3.98. The molecule has 0 rings (SSSR count). The smallest absolute Gasteiger partial charge is 0.171 e. The van der Waals surface area contributed by atoms with E-state index < -0.39 is 12.6 Å². The van der Waals surface area contributed by atoms with Crippen LogP contribution in [0, 0.1) is 0 Å². The van der Waals surface area contributed by atoms with Crippen LogP contribution in [0.1, 0.15) is 33.6 Å². The summed E-state index contributed by atoms with van der Waals surface area (Å²) in [5.74, 6) is 0. The molecule has 5 heteroatoms. The molecule has 0 aromatic heterocycles. The van der Waals surface area contributed by atoms with Crippen LogP contribution in [0.3, 0.4) is 0 Å². The molecule has 0 atom stereocenters. The highest BCUT2D eigenvalue weighted by molar-refractivity contribution is 5.86. The minimum Gasteiger partial charge on any atom is -0.171 e. The first kappa shape index (κ1) is 12.1. The Labute approximate surface area is 75.6 Å². The first-order chi connectivity index (χ1) is 5.85. The van der Waals surface area contributed by atoms with Gasteiger partial charge in [0.2, 0.25) is 0 Å². The highest BCUT2D eigenvalue weighted by atomic mass is 19.4. The van der Waals surface area contributed by atoms with Gasteiger partial charge in [-0.05, 0) is 20.3 Å². The van der Waals surface area contributed by atoms with Crippen LogP contribution in [0.5, 0.6) is 0 Å². The molecule has 0 bridgehead atoms. The van der Waals surface area contributed by atoms with Crippen molar-refractivity contribution in [3.63, 3.8) is 0 Å². The Bertz CT molecular complexity index is 212. The van der Waals surface area contributed by atoms with Crippen LogP contribution in [0.15, 0.2) is 10.2 Å². The lowest BCUT2D eigenvalue weighted by atomic mass is 10.2. The summed E-state index contributed by atoms with van der Waals surface area (Å²) in [6.07, 6.45) is -4.89. The van der Waals surface area contributed by atoms with Crippen molar-refractivity contribution in [2.75, 3.05) is 0 Å². The van der Waals surface area contributed by atoms with Gasteiger partial charge in [0.25, 0.3) is 0 Å². The van der Waals surface area contributed by atoms with Gasteiger partial charge in [0.1, 0.15) is 0 Å². The molecule has 0 aliphatic rings. The fourth-order valence-corrected chi connectivity index (χ4v) is 0.633. The molecule has 0 aliphatic carbocycles. The van der Waals surface area contributed by atoms with Crippen LogP contribution in [0.25, 0.3) is 0 Å². The predicted octanol–water partition coefficient (Wildman–Crippen LogP) is 3.19. The van der Waals surface area contributed by atoms with Gasteiger partial charge in [-0.25, -0.2) is 0 Å². The van der Waals surface area contributed by atoms with E-state index in [4.69, 9.17) is 0 Å². The van der Waals surface area contributed by atoms with Crippen LogP contribution in [0.4, 0.5) is 13.2 Å². The summed E-state index contributed by atoms with van der Waals surface area (Å²) in [5.41, 5.74) is 0.710. The summed E-state index contributed by atoms with van der Waals surface area (Å²) in [7, 11) is 0. The zero-order chi connectivity index (χ0) is 10.5. The van der Waals surface area contributed by atoms with Crippen molar-refractivity contribution in [1.29, 1.82) is 0 Å². The van der Waals surface area contributed by atoms with E-state index in [1.807, 2.05) is 0 Å². The second kappa shape index (κ2) is 4.99. The van der Waals surface area contributed by atoms with Crippen LogP contribution < -0.4 is 0 Å². The largest absolute Gasteiger partial charge is 0.394 e. The van der Waals surface area contributed by atoms with Crippen molar-refractivity contribution >= 4 is 11.4 Å². The first-order valence-corrected chi connectivity index (χ1v) is 3.98. The Hall–Kier alpha value is -0.870. The van der Waals surface area contributed by atoms with Crippen molar-refractivity contribution in [1.82, 2.24) is 0 Å². The van der Waals surface area contributed by atoms with Gasteiger partial charge in [-0.1, -0.05) is 6.92 Å². The maximum atomic E-state index is 11.9. The molecule has 76 valence electrons. The minimum absolute atomic E-state index is 0.0636. The molecule has 0 aliphatic heterocycles. The molecule has 0 unspecified atom stereocenters. The summed E-state index contributed by atoms with van der Waals surface area (Å²) in [6.45, 7) is 5.00. The van der Waals surface area contributed by atoms with E-state index in [0.29, 0.717) is 5.71 Å². The van der Waals surface area contributed by atoms with Crippen molar-refractivity contribution in [3.05, 3.63) is 0 Å². The van der Waals surface area contributed by atoms with Gasteiger partial charge in [0, 0.05) is 11.4 Å². The van der Waals surface area contributed by atoms with E-state index in [1.54, 1.807) is 20.8 Å². The van der Waals surface area contributed by atoms with E-state index >= 15 is 0 Å². The second-order valence-electron chi connectivity index (χ2n) is 2.86. The normalized spacial score (nSPS) is 12.9. The summed E-state index contributed by atoms with van der Waals surface area (Å²) >= 11 is 0. The lowest BCUT2D eigenvalue weighted by molar-refractivity contribution is -0.121. The summed E-state index contributed by atoms with van der Waals surface area (Å²) in [6, 6.07) is 0. The van der Waals surface area contributed by atoms with E-state index in [2.05, 4.69) is 10.2 Å². The lowest BCUT2D eigenvalue weighted by Crippen LogP contribution is -2.14. The quantitative estimate of drug-likeness (QED) is 0.487. The third-order valence-corrected chi connectivity index (χ3v) is 1.20. The van der Waals surface area contributed by atoms with Gasteiger partial charge >= 0.3 is 6.18 Å². The van der Waals surface area contributed by atoms with E-state index in [1.165, 1.54) is 0 Å². The standard InChI is InChI=1S/C8H13F3N2/c1-4-7(5-8(9,10)11)13-12-6(2)3/h4-5H2,1-3H3/b13-7-. The number of halogens is 3. The van der Waals surface area contributed by atoms with Gasteiger partial charge in [0.15, 0.2) is 0 Å². The van der Waals surface area contributed by atoms with Crippen LogP contribution in [0.2, 0.25) is 0 Å². The van der Waals surface area contributed by atoms with Crippen LogP contribution >= 0.6 is 0 Å². The van der Waals surface area contributed by atoms with E-state index in [9.17, 15) is 13.2 Å². The number of hydrogen-bond acceptors (Lipinski definition) is 2. The van der Waals surface area contributed by atoms with E-state index in [0.717, 1.165) is 0 Å². The second-order valence-corrected chi connectivity index (χ2v) is 2.86. The minimum atomic E-state index is -4.19. The number of alkyl halides is 3. The molecule has 2 nitrogen and oxygen atoms in total. The SMILES string of the molecule is CC/C(CC(F)(F)F)=N/N=C(C)C. The Balaban J connectivity index is 4.35. The van der Waals surface area contributed by atoms with Gasteiger partial charge in [-0.3, -0.25) is 0 Å². The molecule has 0 N–H and O–H groups in total. The molecule has 0 spiro atoms. The molecule has 13 heavy (non-hydrogen) atoms. The third kappa shape index (κ3) is 7.49. The fraction of sp³-hybridized carbons (Fsp3) is 0.750. The van der Waals surface area contributed by atoms with Crippen LogP contribution in [-0.2, 0) is 0 Å². The Morgan fingerprint density at radius 1 is 1.15 bits per heavy atom. The van der Waals surface area contributed by atoms with Crippen molar-refractivity contribution < 1.29 is 13.2 Å². The highest BCUT2D eigenvalue weighted by Crippen LogP contribution is 2.21. The zero-order valence-corrected chi connectivity index (χ0v) is 7.94. The lowest BCUT2D eigenvalue weighted by Gasteiger charge is -2.05. The monoisotopic (exact) mass is 194 g/mol. The molecule has 0 heterocycles.